The highest BCUT2D eigenvalue weighted by molar-refractivity contribution is 6.93. The Bertz CT molecular complexity index is 1120. The second-order valence-corrected chi connectivity index (χ2v) is 53.5. The Morgan fingerprint density at radius 3 is 1.26 bits per heavy atom. The lowest BCUT2D eigenvalue weighted by Crippen LogP contribution is -2.62. The zero-order chi connectivity index (χ0) is 38.2. The largest absolute Gasteiger partial charge is 0.436 e. The molecular weight excluding hydrogens is 785 g/mol. The van der Waals surface area contributed by atoms with Crippen molar-refractivity contribution >= 4 is 76.6 Å². The average Bonchev–Trinajstić information content (AvgIpc) is 3.37. The van der Waals surface area contributed by atoms with Crippen molar-refractivity contribution < 1.29 is 42.4 Å². The summed E-state index contributed by atoms with van der Waals surface area (Å²) >= 11 is 0. The molecule has 19 heteroatoms. The molecule has 2 bridgehead atoms. The van der Waals surface area contributed by atoms with Crippen molar-refractivity contribution in [2.45, 2.75) is 168 Å². The van der Waals surface area contributed by atoms with Crippen molar-refractivity contribution in [2.75, 3.05) is 19.8 Å². The Morgan fingerprint density at radius 2 is 0.900 bits per heavy atom. The first-order chi connectivity index (χ1) is 22.3. The average molecular weight is 862 g/mol. The van der Waals surface area contributed by atoms with E-state index < -0.39 is 76.6 Å². The maximum Gasteiger partial charge on any atom is 0.314 e. The van der Waals surface area contributed by atoms with Crippen LogP contribution in [0.25, 0.3) is 0 Å². The van der Waals surface area contributed by atoms with Gasteiger partial charge in [-0.05, 0) is 161 Å². The smallest absolute Gasteiger partial charge is 0.314 e. The molecule has 3 aliphatic rings. The summed E-state index contributed by atoms with van der Waals surface area (Å²) in [5.41, 5.74) is 0.756. The minimum absolute atomic E-state index is 0.310. The van der Waals surface area contributed by atoms with Crippen LogP contribution < -0.4 is 0 Å². The van der Waals surface area contributed by atoms with Gasteiger partial charge in [0.15, 0.2) is 16.6 Å². The minimum Gasteiger partial charge on any atom is -0.436 e. The fourth-order valence-electron chi connectivity index (χ4n) is 9.20. The first-order valence-electron chi connectivity index (χ1n) is 19.1. The summed E-state index contributed by atoms with van der Waals surface area (Å²) < 4.78 is 65.9. The molecule has 3 fully saturated rings. The number of hydrogen-bond acceptors (Lipinski definition) is 10. The third-order valence-corrected chi connectivity index (χ3v) is 45.3. The molecule has 0 N–H and O–H groups in total. The number of rotatable bonds is 23. The van der Waals surface area contributed by atoms with Crippen LogP contribution in [-0.4, -0.2) is 102 Å². The van der Waals surface area contributed by atoms with Gasteiger partial charge >= 0.3 is 59.9 Å². The molecule has 0 spiro atoms. The first kappa shape index (κ1) is 45.9. The van der Waals surface area contributed by atoms with E-state index in [1.54, 1.807) is 0 Å². The number of ether oxygens (including phenoxy) is 2. The van der Waals surface area contributed by atoms with Crippen LogP contribution in [0.2, 0.25) is 129 Å². The van der Waals surface area contributed by atoms with E-state index in [0.29, 0.717) is 12.7 Å². The Kier molecular flexibility index (Phi) is 15.2. The van der Waals surface area contributed by atoms with Crippen LogP contribution in [0.5, 0.6) is 0 Å². The van der Waals surface area contributed by atoms with Crippen molar-refractivity contribution in [3.05, 3.63) is 0 Å². The molecule has 0 aromatic rings. The lowest BCUT2D eigenvalue weighted by atomic mass is 10.0. The molecule has 10 nitrogen and oxygen atoms in total. The zero-order valence-electron chi connectivity index (χ0n) is 35.3. The van der Waals surface area contributed by atoms with Crippen molar-refractivity contribution in [3.63, 3.8) is 0 Å². The summed E-state index contributed by atoms with van der Waals surface area (Å²) in [5, 5.41) is 0. The van der Waals surface area contributed by atoms with Gasteiger partial charge in [0.2, 0.25) is 0 Å². The third kappa shape index (κ3) is 16.3. The zero-order valence-corrected chi connectivity index (χ0v) is 44.3. The summed E-state index contributed by atoms with van der Waals surface area (Å²) in [5.74, 6) is 1.79. The van der Waals surface area contributed by atoms with E-state index in [4.69, 9.17) is 42.4 Å². The van der Waals surface area contributed by atoms with Gasteiger partial charge in [0, 0.05) is 6.61 Å². The molecule has 0 aromatic carbocycles. The van der Waals surface area contributed by atoms with Crippen LogP contribution in [0.15, 0.2) is 0 Å². The Hall–Kier alpha value is 1.55. The van der Waals surface area contributed by atoms with Crippen molar-refractivity contribution in [1.82, 2.24) is 0 Å². The van der Waals surface area contributed by atoms with Crippen LogP contribution in [0, 0.1) is 11.8 Å². The number of epoxide rings is 1. The monoisotopic (exact) mass is 860 g/mol. The van der Waals surface area contributed by atoms with E-state index in [1.165, 1.54) is 25.7 Å². The predicted molar refractivity (Wildman–Crippen MR) is 225 cm³/mol. The summed E-state index contributed by atoms with van der Waals surface area (Å²) in [6.07, 6.45) is 6.88. The van der Waals surface area contributed by atoms with Gasteiger partial charge in [0.05, 0.1) is 13.2 Å². The van der Waals surface area contributed by atoms with E-state index in [0.717, 1.165) is 43.1 Å². The molecule has 1 aliphatic heterocycles. The molecule has 0 aromatic heterocycles. The fraction of sp³-hybridized carbons (Fsp3) is 1.00. The van der Waals surface area contributed by atoms with Gasteiger partial charge in [-0.15, -0.1) is 0 Å². The molecule has 296 valence electrons. The molecule has 50 heavy (non-hydrogen) atoms. The van der Waals surface area contributed by atoms with Crippen molar-refractivity contribution in [3.8, 4) is 0 Å². The molecule has 4 unspecified atom stereocenters. The second-order valence-electron chi connectivity index (χ2n) is 19.4. The van der Waals surface area contributed by atoms with Crippen molar-refractivity contribution in [2.24, 2.45) is 11.8 Å². The molecule has 2 aliphatic carbocycles. The van der Waals surface area contributed by atoms with Gasteiger partial charge in [-0.25, -0.2) is 0 Å². The van der Waals surface area contributed by atoms with Crippen LogP contribution in [0.4, 0.5) is 0 Å². The first-order valence-corrected chi connectivity index (χ1v) is 44.9. The summed E-state index contributed by atoms with van der Waals surface area (Å²) in [6.45, 7) is 41.6. The van der Waals surface area contributed by atoms with E-state index in [-0.39, 0.29) is 0 Å². The Labute approximate surface area is 316 Å². The van der Waals surface area contributed by atoms with Gasteiger partial charge in [-0.1, -0.05) is 12.8 Å². The minimum atomic E-state index is -2.66. The topological polar surface area (TPSA) is 95.6 Å². The summed E-state index contributed by atoms with van der Waals surface area (Å²) in [7, 11) is -21.8. The maximum atomic E-state index is 7.06. The molecule has 1 saturated heterocycles. The third-order valence-electron chi connectivity index (χ3n) is 9.39. The number of fused-ring (bicyclic) bond motifs is 2. The van der Waals surface area contributed by atoms with Crippen LogP contribution in [-0.2, 0) is 42.4 Å². The van der Waals surface area contributed by atoms with E-state index in [2.05, 4.69) is 118 Å². The highest BCUT2D eigenvalue weighted by Gasteiger charge is 2.53. The molecule has 0 amide bonds. The van der Waals surface area contributed by atoms with E-state index >= 15 is 0 Å². The SMILES string of the molecule is C[Si](C)(CCCOCC1CO1)O[Si](C)(C)O[Si](C)(C)O[Si](C)(C)O[Si](C)(C)O[Si](C)(C)O[Si](C)(C)O[Si](C)(C)O[Si](C)(C)C1CC2CCC1C2. The van der Waals surface area contributed by atoms with Crippen LogP contribution in [0.1, 0.15) is 32.1 Å². The maximum absolute atomic E-state index is 7.06. The van der Waals surface area contributed by atoms with Gasteiger partial charge in [-0.2, -0.15) is 0 Å². The molecule has 0 radical (unpaired) electrons. The number of hydrogen-bond donors (Lipinski definition) is 0. The normalized spacial score (nSPS) is 24.4. The summed E-state index contributed by atoms with van der Waals surface area (Å²) in [6, 6.07) is 1.03. The van der Waals surface area contributed by atoms with Gasteiger partial charge in [-0.3, -0.25) is 0 Å². The van der Waals surface area contributed by atoms with Crippen molar-refractivity contribution in [1.29, 1.82) is 0 Å². The highest BCUT2D eigenvalue weighted by Crippen LogP contribution is 2.56. The quantitative estimate of drug-likeness (QED) is 0.0562. The highest BCUT2D eigenvalue weighted by atomic mass is 28.5. The van der Waals surface area contributed by atoms with E-state index in [1.807, 2.05) is 0 Å². The lowest BCUT2D eigenvalue weighted by molar-refractivity contribution is 0.116. The molecular formula is C31H76O10Si9. The molecule has 4 atom stereocenters. The van der Waals surface area contributed by atoms with Gasteiger partial charge < -0.3 is 42.4 Å². The summed E-state index contributed by atoms with van der Waals surface area (Å²) in [4.78, 5) is 0. The Balaban J connectivity index is 1.50. The predicted octanol–water partition coefficient (Wildman–Crippen LogP) is 9.44. The fourth-order valence-corrected chi connectivity index (χ4v) is 56.1. The lowest BCUT2D eigenvalue weighted by Gasteiger charge is -2.45. The van der Waals surface area contributed by atoms with Crippen LogP contribution >= 0.6 is 0 Å². The standard InChI is InChI=1S/C31H76O10Si9/c1-42(2,23-19-22-32-26-30-27-33-30)34-44(5,6)36-46(9,10)38-48(13,14)40-50(17,18)41-49(15,16)39-47(11,12)37-45(7,8)35-43(3,4)31-25-28-20-21-29(31)24-28/h28-31H,19-27H2,1-18H3. The molecule has 2 saturated carbocycles. The van der Waals surface area contributed by atoms with Gasteiger partial charge in [0.25, 0.3) is 0 Å². The molecule has 1 heterocycles. The second kappa shape index (κ2) is 16.6. The van der Waals surface area contributed by atoms with Crippen LogP contribution in [0.3, 0.4) is 0 Å². The van der Waals surface area contributed by atoms with Gasteiger partial charge in [0.1, 0.15) is 6.10 Å². The Morgan fingerprint density at radius 1 is 0.500 bits per heavy atom. The van der Waals surface area contributed by atoms with E-state index in [9.17, 15) is 0 Å². The molecule has 3 rings (SSSR count).